The van der Waals surface area contributed by atoms with E-state index < -0.39 is 11.7 Å². The van der Waals surface area contributed by atoms with Gasteiger partial charge in [-0.1, -0.05) is 18.2 Å². The Kier molecular flexibility index (Phi) is 1.39. The van der Waals surface area contributed by atoms with E-state index in [1.807, 2.05) is 6.07 Å². The van der Waals surface area contributed by atoms with Gasteiger partial charge in [-0.15, -0.1) is 4.73 Å². The van der Waals surface area contributed by atoms with Crippen molar-refractivity contribution in [2.75, 3.05) is 0 Å². The number of fused-ring (bicyclic) bond motifs is 4. The number of nitrogens with zero attached hydrogens (tertiary/aromatic N) is 1. The van der Waals surface area contributed by atoms with Crippen LogP contribution in [0.4, 0.5) is 4.79 Å². The number of pyridine rings is 1. The van der Waals surface area contributed by atoms with Crippen LogP contribution in [0.2, 0.25) is 0 Å². The lowest BCUT2D eigenvalue weighted by Gasteiger charge is -2.15. The summed E-state index contributed by atoms with van der Waals surface area (Å²) < 4.78 is 5.58. The van der Waals surface area contributed by atoms with Crippen molar-refractivity contribution in [1.82, 2.24) is 4.73 Å². The molecule has 0 aliphatic carbocycles. The maximum atomic E-state index is 11.6. The van der Waals surface area contributed by atoms with Gasteiger partial charge >= 0.3 is 11.7 Å². The van der Waals surface area contributed by atoms with Crippen molar-refractivity contribution in [2.45, 2.75) is 0 Å². The molecule has 2 heterocycles. The van der Waals surface area contributed by atoms with Crippen molar-refractivity contribution in [3.05, 3.63) is 40.7 Å². The van der Waals surface area contributed by atoms with Crippen molar-refractivity contribution < 1.29 is 14.4 Å². The predicted octanol–water partition coefficient (Wildman–Crippen LogP) is 0.942. The summed E-state index contributed by atoms with van der Waals surface area (Å²) in [5.74, 6) is -0.00931. The minimum absolute atomic E-state index is 0.00931. The fraction of sp³-hybridized carbons (Fsp3) is 0. The van der Waals surface area contributed by atoms with Gasteiger partial charge in [0.15, 0.2) is 0 Å². The molecule has 1 aromatic carbocycles. The zero-order valence-corrected chi connectivity index (χ0v) is 7.47. The number of carbonyl (C=O) groups is 1. The lowest BCUT2D eigenvalue weighted by atomic mass is 10.2. The SMILES string of the molecule is O=C1Oc2cc3ccccc3n(c2=O)O1. The van der Waals surface area contributed by atoms with Crippen LogP contribution in [0.5, 0.6) is 5.75 Å². The highest BCUT2D eigenvalue weighted by Crippen LogP contribution is 2.18. The quantitative estimate of drug-likeness (QED) is 0.598. The monoisotopic (exact) mass is 203 g/mol. The summed E-state index contributed by atoms with van der Waals surface area (Å²) in [4.78, 5) is 27.2. The van der Waals surface area contributed by atoms with Gasteiger partial charge in [0.25, 0.3) is 0 Å². The normalized spacial score (nSPS) is 13.5. The number of carbonyl (C=O) groups excluding carboxylic acids is 1. The molecule has 74 valence electrons. The van der Waals surface area contributed by atoms with Crippen LogP contribution in [0, 0.1) is 0 Å². The molecule has 5 nitrogen and oxygen atoms in total. The van der Waals surface area contributed by atoms with E-state index in [0.717, 1.165) is 10.1 Å². The molecule has 0 N–H and O–H groups in total. The van der Waals surface area contributed by atoms with Gasteiger partial charge in [-0.25, -0.2) is 4.79 Å². The Labute approximate surface area is 83.4 Å². The Balaban J connectivity index is 2.50. The van der Waals surface area contributed by atoms with Crippen molar-refractivity contribution >= 4 is 17.1 Å². The average Bonchev–Trinajstić information content (AvgIpc) is 2.21. The number of aromatic nitrogens is 1. The van der Waals surface area contributed by atoms with Gasteiger partial charge in [-0.3, -0.25) is 9.63 Å². The summed E-state index contributed by atoms with van der Waals surface area (Å²) in [5.41, 5.74) is 0.0798. The van der Waals surface area contributed by atoms with Crippen LogP contribution >= 0.6 is 0 Å². The maximum absolute atomic E-state index is 11.6. The Morgan fingerprint density at radius 2 is 1.93 bits per heavy atom. The van der Waals surface area contributed by atoms with Crippen molar-refractivity contribution in [3.63, 3.8) is 0 Å². The van der Waals surface area contributed by atoms with Gasteiger partial charge in [0, 0.05) is 5.39 Å². The van der Waals surface area contributed by atoms with Crippen molar-refractivity contribution in [1.29, 1.82) is 0 Å². The first-order chi connectivity index (χ1) is 7.25. The lowest BCUT2D eigenvalue weighted by molar-refractivity contribution is 0.0737. The maximum Gasteiger partial charge on any atom is 0.539 e. The fourth-order valence-electron chi connectivity index (χ4n) is 1.55. The molecule has 2 aromatic rings. The van der Waals surface area contributed by atoms with Crippen LogP contribution in [0.15, 0.2) is 35.1 Å². The number of hydrogen-bond donors (Lipinski definition) is 0. The van der Waals surface area contributed by atoms with Crippen LogP contribution in [-0.4, -0.2) is 10.9 Å². The van der Waals surface area contributed by atoms with Gasteiger partial charge in [0.2, 0.25) is 5.75 Å². The lowest BCUT2D eigenvalue weighted by Crippen LogP contribution is -2.39. The van der Waals surface area contributed by atoms with Gasteiger partial charge in [0.1, 0.15) is 0 Å². The third kappa shape index (κ3) is 1.03. The van der Waals surface area contributed by atoms with E-state index in [1.165, 1.54) is 6.07 Å². The van der Waals surface area contributed by atoms with E-state index >= 15 is 0 Å². The zero-order valence-electron chi connectivity index (χ0n) is 7.47. The molecule has 1 aliphatic rings. The fourth-order valence-corrected chi connectivity index (χ4v) is 1.55. The third-order valence-electron chi connectivity index (χ3n) is 2.20. The standard InChI is InChI=1S/C10H5NO4/c12-9-8-5-6-3-1-2-4-7(6)11(9)15-10(13)14-8/h1-5H. The second-order valence-electron chi connectivity index (χ2n) is 3.11. The molecule has 0 fully saturated rings. The molecule has 2 bridgehead atoms. The van der Waals surface area contributed by atoms with E-state index in [0.29, 0.717) is 5.52 Å². The molecular weight excluding hydrogens is 198 g/mol. The topological polar surface area (TPSA) is 57.5 Å². The number of benzene rings is 1. The largest absolute Gasteiger partial charge is 0.539 e. The molecule has 0 amide bonds. The summed E-state index contributed by atoms with van der Waals surface area (Å²) in [7, 11) is 0. The molecule has 0 saturated carbocycles. The predicted molar refractivity (Wildman–Crippen MR) is 50.8 cm³/mol. The highest BCUT2D eigenvalue weighted by Gasteiger charge is 2.22. The second-order valence-corrected chi connectivity index (χ2v) is 3.11. The van der Waals surface area contributed by atoms with E-state index in [9.17, 15) is 9.59 Å². The van der Waals surface area contributed by atoms with Gasteiger partial charge in [-0.05, 0) is 12.1 Å². The van der Waals surface area contributed by atoms with Crippen LogP contribution in [0.3, 0.4) is 0 Å². The van der Waals surface area contributed by atoms with Crippen LogP contribution < -0.4 is 15.1 Å². The van der Waals surface area contributed by atoms with E-state index in [2.05, 4.69) is 9.57 Å². The number of hydrogen-bond acceptors (Lipinski definition) is 4. The zero-order chi connectivity index (χ0) is 10.4. The first kappa shape index (κ1) is 8.05. The van der Waals surface area contributed by atoms with Gasteiger partial charge < -0.3 is 4.74 Å². The van der Waals surface area contributed by atoms with E-state index in [4.69, 9.17) is 0 Å². The van der Waals surface area contributed by atoms with Crippen molar-refractivity contribution in [3.8, 4) is 5.75 Å². The molecular formula is C10H5NO4. The molecule has 5 heteroatoms. The third-order valence-corrected chi connectivity index (χ3v) is 2.20. The van der Waals surface area contributed by atoms with E-state index in [1.54, 1.807) is 18.2 Å². The molecule has 0 saturated heterocycles. The van der Waals surface area contributed by atoms with Crippen LogP contribution in [0.1, 0.15) is 0 Å². The van der Waals surface area contributed by atoms with Crippen molar-refractivity contribution in [2.24, 2.45) is 0 Å². The Hall–Kier alpha value is -2.30. The van der Waals surface area contributed by atoms with Gasteiger partial charge in [0.05, 0.1) is 5.52 Å². The number of para-hydroxylation sites is 1. The Bertz CT molecular complexity index is 629. The summed E-state index contributed by atoms with van der Waals surface area (Å²) in [6.07, 6.45) is -0.893. The first-order valence-corrected chi connectivity index (χ1v) is 4.31. The number of ether oxygens (including phenoxy) is 1. The second kappa shape index (κ2) is 2.60. The van der Waals surface area contributed by atoms with Crippen LogP contribution in [-0.2, 0) is 0 Å². The molecule has 3 rings (SSSR count). The molecule has 0 unspecified atom stereocenters. The molecule has 0 atom stereocenters. The van der Waals surface area contributed by atoms with E-state index in [-0.39, 0.29) is 5.75 Å². The molecule has 1 aromatic heterocycles. The average molecular weight is 203 g/mol. The summed E-state index contributed by atoms with van der Waals surface area (Å²) in [6.45, 7) is 0. The molecule has 15 heavy (non-hydrogen) atoms. The molecule has 0 spiro atoms. The summed E-state index contributed by atoms with van der Waals surface area (Å²) >= 11 is 0. The minimum Gasteiger partial charge on any atom is -0.387 e. The molecule has 0 radical (unpaired) electrons. The molecule has 1 aliphatic heterocycles. The highest BCUT2D eigenvalue weighted by molar-refractivity contribution is 5.82. The summed E-state index contributed by atoms with van der Waals surface area (Å²) in [5, 5.41) is 0.777. The Morgan fingerprint density at radius 1 is 1.13 bits per heavy atom. The Morgan fingerprint density at radius 3 is 2.80 bits per heavy atom. The van der Waals surface area contributed by atoms with Gasteiger partial charge in [-0.2, -0.15) is 0 Å². The first-order valence-electron chi connectivity index (χ1n) is 4.31. The summed E-state index contributed by atoms with van der Waals surface area (Å²) in [6, 6.07) is 8.60. The smallest absolute Gasteiger partial charge is 0.387 e. The highest BCUT2D eigenvalue weighted by atomic mass is 16.8. The minimum atomic E-state index is -0.893. The number of rotatable bonds is 0. The van der Waals surface area contributed by atoms with Crippen LogP contribution in [0.25, 0.3) is 10.9 Å².